The average molecular weight is 792 g/mol. The lowest BCUT2D eigenvalue weighted by Crippen LogP contribution is -2.50. The van der Waals surface area contributed by atoms with Gasteiger partial charge in [-0.1, -0.05) is 181 Å². The molecule has 0 unspecified atom stereocenters. The molecule has 2 aromatic carbocycles. The fraction of sp³-hybridized carbons (Fsp3) is 0.769. The van der Waals surface area contributed by atoms with Crippen molar-refractivity contribution in [1.29, 1.82) is 0 Å². The Bertz CT molecular complexity index is 984. The molecule has 0 N–H and O–H groups in total. The van der Waals surface area contributed by atoms with Crippen molar-refractivity contribution >= 4 is 7.32 Å². The van der Waals surface area contributed by atoms with E-state index in [2.05, 4.69) is 41.5 Å². The summed E-state index contributed by atoms with van der Waals surface area (Å²) in [4.78, 5) is 0. The summed E-state index contributed by atoms with van der Waals surface area (Å²) in [7, 11) is -1.56. The van der Waals surface area contributed by atoms with Crippen molar-refractivity contribution in [2.24, 2.45) is 0 Å². The number of rotatable bonds is 38. The second-order valence-electron chi connectivity index (χ2n) is 17.3. The predicted octanol–water partition coefficient (Wildman–Crippen LogP) is 15.4. The van der Waals surface area contributed by atoms with Crippen LogP contribution in [0.5, 0.6) is 11.5 Å². The van der Waals surface area contributed by atoms with Gasteiger partial charge in [-0.25, -0.2) is 0 Å². The summed E-state index contributed by atoms with van der Waals surface area (Å²) < 4.78 is 12.1. The average Bonchev–Trinajstić information content (AvgIpc) is 3.22. The van der Waals surface area contributed by atoms with Crippen LogP contribution in [0.25, 0.3) is 0 Å². The molecule has 57 heavy (non-hydrogen) atoms. The summed E-state index contributed by atoms with van der Waals surface area (Å²) in [5.74, 6) is 1.07. The second kappa shape index (κ2) is 38.2. The van der Waals surface area contributed by atoms with Gasteiger partial charge in [0.25, 0.3) is 0 Å². The Morgan fingerprint density at radius 3 is 0.860 bits per heavy atom. The van der Waals surface area contributed by atoms with Gasteiger partial charge in [0.2, 0.25) is 0 Å². The maximum absolute atomic E-state index is 11.9. The third kappa shape index (κ3) is 29.8. The zero-order valence-corrected chi connectivity index (χ0v) is 38.9. The summed E-state index contributed by atoms with van der Waals surface area (Å²) >= 11 is 0. The molecule has 0 atom stereocenters. The van der Waals surface area contributed by atoms with Gasteiger partial charge >= 0.3 is 7.32 Å². The predicted molar refractivity (Wildman–Crippen MR) is 250 cm³/mol. The van der Waals surface area contributed by atoms with Crippen LogP contribution < -0.4 is 14.3 Å². The standard InChI is InChI=1S/C32H68N.C20H26BO3/c1-5-9-13-17-21-25-29-33(30-26-22-18-14-10-6-2,31-27-23-19-15-11-7-3)32-28-24-20-16-12-8-4;1-3-5-7-17-9-13-19(14-10-17)23-21(22)24-20-15-11-18(12-16-20)8-6-4-2/h5-32H2,1-4H3;9-16H,3-8H2,1-2H3/q+1;-1. The molecule has 5 heteroatoms. The van der Waals surface area contributed by atoms with Crippen LogP contribution in [0.3, 0.4) is 0 Å². The first kappa shape index (κ1) is 53.0. The van der Waals surface area contributed by atoms with E-state index in [1.54, 1.807) is 0 Å². The fourth-order valence-corrected chi connectivity index (χ4v) is 8.06. The van der Waals surface area contributed by atoms with Gasteiger partial charge in [-0.15, -0.1) is 0 Å². The number of benzene rings is 2. The van der Waals surface area contributed by atoms with E-state index in [0.717, 1.165) is 12.8 Å². The summed E-state index contributed by atoms with van der Waals surface area (Å²) in [6.07, 6.45) is 41.6. The lowest BCUT2D eigenvalue weighted by molar-refractivity contribution is -0.929. The largest absolute Gasteiger partial charge is 0.808 e. The molecule has 0 heterocycles. The number of hydrogen-bond acceptors (Lipinski definition) is 3. The quantitative estimate of drug-likeness (QED) is 0.0386. The molecule has 0 bridgehead atoms. The molecule has 0 aromatic heterocycles. The van der Waals surface area contributed by atoms with E-state index in [-0.39, 0.29) is 0 Å². The van der Waals surface area contributed by atoms with Gasteiger partial charge in [0.05, 0.1) is 26.2 Å². The molecule has 0 aliphatic heterocycles. The molecule has 0 aliphatic rings. The van der Waals surface area contributed by atoms with E-state index in [9.17, 15) is 5.02 Å². The molecule has 0 saturated carbocycles. The Kier molecular flexibility index (Phi) is 35.6. The van der Waals surface area contributed by atoms with Crippen molar-refractivity contribution in [3.8, 4) is 11.5 Å². The maximum atomic E-state index is 11.9. The molecule has 0 fully saturated rings. The van der Waals surface area contributed by atoms with Gasteiger partial charge in [0, 0.05) is 0 Å². The molecular formula is C52H94BNO3. The van der Waals surface area contributed by atoms with Gasteiger partial charge < -0.3 is 18.8 Å². The molecular weight excluding hydrogens is 697 g/mol. The highest BCUT2D eigenvalue weighted by molar-refractivity contribution is 6.34. The summed E-state index contributed by atoms with van der Waals surface area (Å²) in [5.41, 5.74) is 2.52. The molecule has 2 rings (SSSR count). The minimum atomic E-state index is -1.56. The Labute approximate surface area is 356 Å². The number of aryl methyl sites for hydroxylation is 2. The van der Waals surface area contributed by atoms with Crippen LogP contribution in [0, 0.1) is 0 Å². The van der Waals surface area contributed by atoms with Gasteiger partial charge in [0.15, 0.2) is 0 Å². The molecule has 328 valence electrons. The summed E-state index contributed by atoms with van der Waals surface area (Å²) in [6, 6.07) is 15.3. The van der Waals surface area contributed by atoms with Gasteiger partial charge in [-0.2, -0.15) is 0 Å². The number of hydrogen-bond donors (Lipinski definition) is 0. The SMILES string of the molecule is CCCCCCCC[N+](CCCCCCCC)(CCCCCCCC)CCCCCCCC.CCCCc1ccc(OB([O-])Oc2ccc(CCCC)cc2)cc1. The van der Waals surface area contributed by atoms with Crippen LogP contribution in [0.2, 0.25) is 0 Å². The number of unbranched alkanes of at least 4 members (excludes halogenated alkanes) is 22. The number of nitrogens with zero attached hydrogens (tertiary/aromatic N) is 1. The third-order valence-electron chi connectivity index (χ3n) is 11.9. The minimum absolute atomic E-state index is 0.537. The fourth-order valence-electron chi connectivity index (χ4n) is 8.06. The summed E-state index contributed by atoms with van der Waals surface area (Å²) in [6.45, 7) is 19.6. The summed E-state index contributed by atoms with van der Waals surface area (Å²) in [5, 5.41) is 11.9. The third-order valence-corrected chi connectivity index (χ3v) is 11.9. The lowest BCUT2D eigenvalue weighted by Gasteiger charge is -2.40. The highest BCUT2D eigenvalue weighted by Crippen LogP contribution is 2.21. The molecule has 0 radical (unpaired) electrons. The van der Waals surface area contributed by atoms with Crippen molar-refractivity contribution in [1.82, 2.24) is 0 Å². The van der Waals surface area contributed by atoms with Crippen LogP contribution in [-0.2, 0) is 12.8 Å². The van der Waals surface area contributed by atoms with Crippen LogP contribution in [0.4, 0.5) is 0 Å². The Morgan fingerprint density at radius 2 is 0.596 bits per heavy atom. The van der Waals surface area contributed by atoms with E-state index < -0.39 is 7.32 Å². The van der Waals surface area contributed by atoms with E-state index in [0.29, 0.717) is 11.5 Å². The minimum Gasteiger partial charge on any atom is -0.808 e. The van der Waals surface area contributed by atoms with Gasteiger partial charge in [-0.3, -0.25) is 0 Å². The molecule has 0 amide bonds. The van der Waals surface area contributed by atoms with Crippen LogP contribution in [0.15, 0.2) is 48.5 Å². The van der Waals surface area contributed by atoms with Crippen molar-refractivity contribution in [2.45, 2.75) is 234 Å². The first-order valence-electron chi connectivity index (χ1n) is 25.0. The maximum Gasteiger partial charge on any atom is 0.492 e. The Balaban J connectivity index is 0.000000596. The van der Waals surface area contributed by atoms with Crippen molar-refractivity contribution in [3.63, 3.8) is 0 Å². The Hall–Kier alpha value is -1.98. The monoisotopic (exact) mass is 792 g/mol. The van der Waals surface area contributed by atoms with Crippen LogP contribution in [-0.4, -0.2) is 38.0 Å². The molecule has 4 nitrogen and oxygen atoms in total. The Morgan fingerprint density at radius 1 is 0.351 bits per heavy atom. The van der Waals surface area contributed by atoms with Crippen molar-refractivity contribution in [3.05, 3.63) is 59.7 Å². The zero-order chi connectivity index (χ0) is 41.5. The topological polar surface area (TPSA) is 41.5 Å². The second-order valence-corrected chi connectivity index (χ2v) is 17.3. The highest BCUT2D eigenvalue weighted by atomic mass is 16.7. The molecule has 0 spiro atoms. The van der Waals surface area contributed by atoms with E-state index in [1.807, 2.05) is 48.5 Å². The highest BCUT2D eigenvalue weighted by Gasteiger charge is 2.25. The number of quaternary nitrogens is 1. The van der Waals surface area contributed by atoms with Gasteiger partial charge in [0.1, 0.15) is 11.5 Å². The van der Waals surface area contributed by atoms with Crippen LogP contribution >= 0.6 is 0 Å². The molecule has 0 saturated heterocycles. The zero-order valence-electron chi connectivity index (χ0n) is 38.9. The first-order valence-corrected chi connectivity index (χ1v) is 25.0. The van der Waals surface area contributed by atoms with E-state index in [1.165, 1.54) is 222 Å². The molecule has 2 aromatic rings. The normalized spacial score (nSPS) is 11.4. The van der Waals surface area contributed by atoms with Crippen LogP contribution in [0.1, 0.15) is 232 Å². The van der Waals surface area contributed by atoms with Crippen molar-refractivity contribution < 1.29 is 18.8 Å². The van der Waals surface area contributed by atoms with Crippen molar-refractivity contribution in [2.75, 3.05) is 26.2 Å². The van der Waals surface area contributed by atoms with Gasteiger partial charge in [-0.05, 0) is 112 Å². The smallest absolute Gasteiger partial charge is 0.492 e. The first-order chi connectivity index (χ1) is 27.9. The van der Waals surface area contributed by atoms with E-state index in [4.69, 9.17) is 9.31 Å². The molecule has 0 aliphatic carbocycles. The lowest BCUT2D eigenvalue weighted by atomic mass is 10.0. The van der Waals surface area contributed by atoms with E-state index >= 15 is 0 Å².